The van der Waals surface area contributed by atoms with Gasteiger partial charge in [-0.15, -0.1) is 35.7 Å². The van der Waals surface area contributed by atoms with Gasteiger partial charge in [0.1, 0.15) is 12.0 Å². The number of hydrogen-bond acceptors (Lipinski definition) is 4. The lowest BCUT2D eigenvalue weighted by Crippen LogP contribution is -2.41. The molecule has 1 saturated carbocycles. The first-order chi connectivity index (χ1) is 11.3. The molecule has 0 spiro atoms. The van der Waals surface area contributed by atoms with Crippen LogP contribution in [0.2, 0.25) is 0 Å². The molecule has 1 aliphatic carbocycles. The molecule has 24 heavy (non-hydrogen) atoms. The third kappa shape index (κ3) is 5.70. The number of thioether (sulfide) groups is 1. The fourth-order valence-electron chi connectivity index (χ4n) is 2.26. The Bertz CT molecular complexity index is 629. The van der Waals surface area contributed by atoms with Gasteiger partial charge < -0.3 is 15.2 Å². The summed E-state index contributed by atoms with van der Waals surface area (Å²) in [5.41, 5.74) is 0.835. The lowest BCUT2D eigenvalue weighted by molar-refractivity contribution is 0.412. The predicted molar refractivity (Wildman–Crippen MR) is 109 cm³/mol. The van der Waals surface area contributed by atoms with Crippen LogP contribution >= 0.6 is 35.7 Å². The second kappa shape index (κ2) is 9.31. The first-order valence-electron chi connectivity index (χ1n) is 7.95. The molecule has 0 atom stereocenters. The van der Waals surface area contributed by atoms with Crippen LogP contribution in [0.3, 0.4) is 0 Å². The van der Waals surface area contributed by atoms with Crippen LogP contribution in [0, 0.1) is 0 Å². The number of nitrogens with one attached hydrogen (secondary N) is 2. The highest BCUT2D eigenvalue weighted by atomic mass is 127. The van der Waals surface area contributed by atoms with Crippen molar-refractivity contribution in [3.05, 3.63) is 48.4 Å². The number of guanidine groups is 1. The Kier molecular flexibility index (Phi) is 7.41. The van der Waals surface area contributed by atoms with E-state index in [0.29, 0.717) is 11.3 Å². The van der Waals surface area contributed by atoms with Gasteiger partial charge in [0.25, 0.3) is 0 Å². The number of hydrogen-bond donors (Lipinski definition) is 2. The zero-order chi connectivity index (χ0) is 16.0. The zero-order valence-electron chi connectivity index (χ0n) is 13.7. The van der Waals surface area contributed by atoms with E-state index in [-0.39, 0.29) is 24.0 Å². The van der Waals surface area contributed by atoms with Gasteiger partial charge >= 0.3 is 0 Å². The van der Waals surface area contributed by atoms with Gasteiger partial charge in [-0.25, -0.2) is 4.99 Å². The third-order valence-electron chi connectivity index (χ3n) is 3.70. The topological polar surface area (TPSA) is 62.5 Å². The second-order valence-corrected chi connectivity index (χ2v) is 7.18. The van der Waals surface area contributed by atoms with E-state index < -0.39 is 0 Å². The summed E-state index contributed by atoms with van der Waals surface area (Å²) in [4.78, 5) is 5.89. The molecule has 0 saturated heterocycles. The zero-order valence-corrected chi connectivity index (χ0v) is 16.8. The van der Waals surface area contributed by atoms with Crippen molar-refractivity contribution in [2.24, 2.45) is 4.99 Å². The smallest absolute Gasteiger partial charge is 0.191 e. The fourth-order valence-corrected chi connectivity index (χ4v) is 3.50. The maximum absolute atomic E-state index is 4.83. The molecule has 1 fully saturated rings. The summed E-state index contributed by atoms with van der Waals surface area (Å²) in [6, 6.07) is 12.4. The number of nitrogens with zero attached hydrogens (tertiary/aromatic N) is 2. The highest BCUT2D eigenvalue weighted by Crippen LogP contribution is 2.51. The maximum Gasteiger partial charge on any atom is 0.191 e. The standard InChI is InChI=1S/C17H22N4OS.HI/c1-2-18-16(19-12-14-8-11-22-21-14)20-13-17(9-10-17)23-15-6-4-3-5-7-15;/h3-8,11H,2,9-10,12-13H2,1H3,(H2,18,19,20);1H. The Morgan fingerprint density at radius 2 is 2.04 bits per heavy atom. The Labute approximate surface area is 164 Å². The van der Waals surface area contributed by atoms with Crippen molar-refractivity contribution in [3.63, 3.8) is 0 Å². The van der Waals surface area contributed by atoms with Gasteiger partial charge in [0.05, 0.1) is 6.54 Å². The van der Waals surface area contributed by atoms with Crippen molar-refractivity contribution >= 4 is 41.7 Å². The van der Waals surface area contributed by atoms with Crippen molar-refractivity contribution < 1.29 is 4.52 Å². The second-order valence-electron chi connectivity index (χ2n) is 5.64. The van der Waals surface area contributed by atoms with Gasteiger partial charge in [0.15, 0.2) is 5.96 Å². The molecule has 2 N–H and O–H groups in total. The molecule has 0 bridgehead atoms. The van der Waals surface area contributed by atoms with Gasteiger partial charge in [0.2, 0.25) is 0 Å². The molecule has 5 nitrogen and oxygen atoms in total. The number of benzene rings is 1. The molecule has 1 aliphatic rings. The summed E-state index contributed by atoms with van der Waals surface area (Å²) in [5.74, 6) is 0.829. The summed E-state index contributed by atoms with van der Waals surface area (Å²) >= 11 is 1.96. The van der Waals surface area contributed by atoms with Crippen molar-refractivity contribution in [2.45, 2.75) is 36.0 Å². The molecular formula is C17H23IN4OS. The van der Waals surface area contributed by atoms with Crippen LogP contribution in [-0.2, 0) is 6.54 Å². The van der Waals surface area contributed by atoms with E-state index in [9.17, 15) is 0 Å². The van der Waals surface area contributed by atoms with Crippen LogP contribution in [0.5, 0.6) is 0 Å². The van der Waals surface area contributed by atoms with Gasteiger partial charge in [0, 0.05) is 28.8 Å². The van der Waals surface area contributed by atoms with Crippen LogP contribution in [0.1, 0.15) is 25.5 Å². The van der Waals surface area contributed by atoms with E-state index in [1.165, 1.54) is 17.7 Å². The monoisotopic (exact) mass is 458 g/mol. The lowest BCUT2D eigenvalue weighted by atomic mass is 10.4. The molecule has 0 unspecified atom stereocenters. The molecule has 1 heterocycles. The highest BCUT2D eigenvalue weighted by molar-refractivity contribution is 14.0. The fraction of sp³-hybridized carbons (Fsp3) is 0.412. The van der Waals surface area contributed by atoms with E-state index in [1.807, 2.05) is 17.8 Å². The van der Waals surface area contributed by atoms with Crippen molar-refractivity contribution in [1.29, 1.82) is 0 Å². The maximum atomic E-state index is 4.83. The van der Waals surface area contributed by atoms with Gasteiger partial charge in [-0.05, 0) is 31.9 Å². The van der Waals surface area contributed by atoms with Crippen LogP contribution in [0.4, 0.5) is 0 Å². The van der Waals surface area contributed by atoms with E-state index in [1.54, 1.807) is 6.26 Å². The summed E-state index contributed by atoms with van der Waals surface area (Å²) in [5, 5.41) is 10.6. The van der Waals surface area contributed by atoms with Gasteiger partial charge in [-0.1, -0.05) is 23.4 Å². The minimum atomic E-state index is 0. The van der Waals surface area contributed by atoms with Crippen LogP contribution in [-0.4, -0.2) is 29.0 Å². The molecule has 0 radical (unpaired) electrons. The average molecular weight is 458 g/mol. The predicted octanol–water partition coefficient (Wildman–Crippen LogP) is 3.67. The minimum absolute atomic E-state index is 0. The molecule has 1 aromatic carbocycles. The Morgan fingerprint density at radius 1 is 1.25 bits per heavy atom. The summed E-state index contributed by atoms with van der Waals surface area (Å²) in [6.07, 6.45) is 4.05. The largest absolute Gasteiger partial charge is 0.364 e. The summed E-state index contributed by atoms with van der Waals surface area (Å²) in [7, 11) is 0. The highest BCUT2D eigenvalue weighted by Gasteiger charge is 2.43. The molecule has 1 aromatic heterocycles. The molecule has 7 heteroatoms. The molecule has 0 amide bonds. The average Bonchev–Trinajstić information content (AvgIpc) is 3.13. The Hall–Kier alpha value is -1.22. The molecular weight excluding hydrogens is 435 g/mol. The number of aliphatic imine (C=N–C) groups is 1. The van der Waals surface area contributed by atoms with Crippen LogP contribution < -0.4 is 10.6 Å². The van der Waals surface area contributed by atoms with Crippen molar-refractivity contribution in [2.75, 3.05) is 13.1 Å². The third-order valence-corrected chi connectivity index (χ3v) is 5.19. The first kappa shape index (κ1) is 19.1. The van der Waals surface area contributed by atoms with Crippen LogP contribution in [0.15, 0.2) is 57.1 Å². The number of halogens is 1. The van der Waals surface area contributed by atoms with Crippen molar-refractivity contribution in [3.8, 4) is 0 Å². The van der Waals surface area contributed by atoms with E-state index >= 15 is 0 Å². The van der Waals surface area contributed by atoms with E-state index in [2.05, 4.69) is 58.0 Å². The van der Waals surface area contributed by atoms with E-state index in [0.717, 1.165) is 24.7 Å². The first-order valence-corrected chi connectivity index (χ1v) is 8.77. The van der Waals surface area contributed by atoms with Crippen molar-refractivity contribution in [1.82, 2.24) is 15.8 Å². The minimum Gasteiger partial charge on any atom is -0.364 e. The SMILES string of the molecule is CCNC(=NCc1ccon1)NCC1(Sc2ccccc2)CC1.I. The van der Waals surface area contributed by atoms with Gasteiger partial charge in [-0.2, -0.15) is 0 Å². The lowest BCUT2D eigenvalue weighted by Gasteiger charge is -2.18. The Morgan fingerprint density at radius 3 is 2.67 bits per heavy atom. The number of aromatic nitrogens is 1. The molecule has 3 rings (SSSR count). The summed E-state index contributed by atoms with van der Waals surface area (Å²) < 4.78 is 5.13. The van der Waals surface area contributed by atoms with E-state index in [4.69, 9.17) is 4.52 Å². The molecule has 130 valence electrons. The number of rotatable bonds is 7. The van der Waals surface area contributed by atoms with Crippen LogP contribution in [0.25, 0.3) is 0 Å². The normalized spacial score (nSPS) is 15.5. The molecule has 2 aromatic rings. The molecule has 0 aliphatic heterocycles. The van der Waals surface area contributed by atoms with Gasteiger partial charge in [-0.3, -0.25) is 0 Å². The Balaban J connectivity index is 0.00000208. The summed E-state index contributed by atoms with van der Waals surface area (Å²) in [6.45, 7) is 4.34. The quantitative estimate of drug-likeness (QED) is 0.377.